The second kappa shape index (κ2) is 4.31. The zero-order chi connectivity index (χ0) is 13.4. The van der Waals surface area contributed by atoms with Crippen molar-refractivity contribution >= 4 is 11.0 Å². The molecule has 0 radical (unpaired) electrons. The first kappa shape index (κ1) is 11.6. The number of aryl methyl sites for hydroxylation is 1. The van der Waals surface area contributed by atoms with Crippen LogP contribution in [0, 0.1) is 6.92 Å². The quantitative estimate of drug-likeness (QED) is 0.764. The Labute approximate surface area is 110 Å². The van der Waals surface area contributed by atoms with E-state index in [-0.39, 0.29) is 5.69 Å². The van der Waals surface area contributed by atoms with Crippen LogP contribution in [0.1, 0.15) is 5.56 Å². The van der Waals surface area contributed by atoms with Gasteiger partial charge in [-0.1, -0.05) is 18.2 Å². The maximum Gasteiger partial charge on any atom is 0.331 e. The standard InChI is InChI=1S/C15H14N2O2/c1-10-5-3-8-13-14(10)16-15(18)17(13)11-6-4-7-12(9-11)19-2/h3-9H,1-2H3,(H,16,18). The topological polar surface area (TPSA) is 47.0 Å². The minimum atomic E-state index is -0.141. The lowest BCUT2D eigenvalue weighted by molar-refractivity contribution is 0.414. The SMILES string of the molecule is COc1cccc(-n2c(=O)[nH]c3c(C)cccc32)c1. The third-order valence-electron chi connectivity index (χ3n) is 3.24. The molecule has 0 saturated carbocycles. The van der Waals surface area contributed by atoms with Gasteiger partial charge in [0.05, 0.1) is 23.8 Å². The molecule has 1 aromatic heterocycles. The number of hydrogen-bond acceptors (Lipinski definition) is 2. The zero-order valence-electron chi connectivity index (χ0n) is 10.8. The van der Waals surface area contributed by atoms with Gasteiger partial charge in [-0.2, -0.15) is 0 Å². The molecule has 0 fully saturated rings. The van der Waals surface area contributed by atoms with Gasteiger partial charge in [0.1, 0.15) is 5.75 Å². The van der Waals surface area contributed by atoms with Crippen molar-refractivity contribution in [2.45, 2.75) is 6.92 Å². The average Bonchev–Trinajstić information content (AvgIpc) is 2.77. The molecule has 0 saturated heterocycles. The Kier molecular flexibility index (Phi) is 2.63. The number of ether oxygens (including phenoxy) is 1. The third-order valence-corrected chi connectivity index (χ3v) is 3.24. The lowest BCUT2D eigenvalue weighted by Gasteiger charge is -2.06. The number of H-pyrrole nitrogens is 1. The molecule has 0 aliphatic carbocycles. The van der Waals surface area contributed by atoms with E-state index in [4.69, 9.17) is 4.74 Å². The number of nitrogens with zero attached hydrogens (tertiary/aromatic N) is 1. The number of nitrogens with one attached hydrogen (secondary N) is 1. The summed E-state index contributed by atoms with van der Waals surface area (Å²) in [7, 11) is 1.61. The van der Waals surface area contributed by atoms with Gasteiger partial charge < -0.3 is 9.72 Å². The first-order chi connectivity index (χ1) is 9.20. The molecule has 96 valence electrons. The summed E-state index contributed by atoms with van der Waals surface area (Å²) in [6, 6.07) is 13.3. The van der Waals surface area contributed by atoms with Crippen molar-refractivity contribution in [3.05, 3.63) is 58.5 Å². The molecule has 3 aromatic rings. The van der Waals surface area contributed by atoms with Gasteiger partial charge in [-0.05, 0) is 30.7 Å². The Morgan fingerprint density at radius 2 is 1.95 bits per heavy atom. The molecule has 0 bridgehead atoms. The van der Waals surface area contributed by atoms with Crippen LogP contribution in [0.25, 0.3) is 16.7 Å². The second-order valence-electron chi connectivity index (χ2n) is 4.44. The fourth-order valence-corrected chi connectivity index (χ4v) is 2.28. The first-order valence-electron chi connectivity index (χ1n) is 6.05. The Bertz CT molecular complexity index is 799. The molecular weight excluding hydrogens is 240 g/mol. The van der Waals surface area contributed by atoms with Crippen LogP contribution >= 0.6 is 0 Å². The number of fused-ring (bicyclic) bond motifs is 1. The van der Waals surface area contributed by atoms with E-state index in [1.54, 1.807) is 11.7 Å². The first-order valence-corrected chi connectivity index (χ1v) is 6.05. The maximum atomic E-state index is 12.2. The number of para-hydroxylation sites is 1. The van der Waals surface area contributed by atoms with Gasteiger partial charge in [0.15, 0.2) is 0 Å². The molecule has 0 aliphatic rings. The highest BCUT2D eigenvalue weighted by molar-refractivity contribution is 5.80. The summed E-state index contributed by atoms with van der Waals surface area (Å²) < 4.78 is 6.86. The number of aromatic nitrogens is 2. The van der Waals surface area contributed by atoms with Gasteiger partial charge in [-0.15, -0.1) is 0 Å². The summed E-state index contributed by atoms with van der Waals surface area (Å²) in [5.41, 5.74) is 3.45. The van der Waals surface area contributed by atoms with Crippen molar-refractivity contribution < 1.29 is 4.74 Å². The summed E-state index contributed by atoms with van der Waals surface area (Å²) in [5.74, 6) is 0.728. The number of hydrogen-bond donors (Lipinski definition) is 1. The molecule has 0 unspecified atom stereocenters. The van der Waals surface area contributed by atoms with Crippen LogP contribution in [-0.2, 0) is 0 Å². The summed E-state index contributed by atoms with van der Waals surface area (Å²) in [6.45, 7) is 1.98. The normalized spacial score (nSPS) is 10.8. The van der Waals surface area contributed by atoms with E-state index in [9.17, 15) is 4.79 Å². The van der Waals surface area contributed by atoms with Crippen LogP contribution in [0.2, 0.25) is 0 Å². The molecule has 4 heteroatoms. The van der Waals surface area contributed by atoms with Crippen LogP contribution in [0.5, 0.6) is 5.75 Å². The number of aromatic amines is 1. The summed E-state index contributed by atoms with van der Waals surface area (Å²) >= 11 is 0. The van der Waals surface area contributed by atoms with E-state index in [1.807, 2.05) is 49.4 Å². The molecule has 0 amide bonds. The van der Waals surface area contributed by atoms with Gasteiger partial charge in [-0.3, -0.25) is 4.57 Å². The number of imidazole rings is 1. The molecule has 3 rings (SSSR count). The van der Waals surface area contributed by atoms with E-state index in [0.717, 1.165) is 28.0 Å². The molecule has 19 heavy (non-hydrogen) atoms. The molecule has 0 aliphatic heterocycles. The van der Waals surface area contributed by atoms with Crippen molar-refractivity contribution in [3.8, 4) is 11.4 Å². The van der Waals surface area contributed by atoms with Crippen molar-refractivity contribution in [2.24, 2.45) is 0 Å². The smallest absolute Gasteiger partial charge is 0.331 e. The average molecular weight is 254 g/mol. The van der Waals surface area contributed by atoms with Crippen LogP contribution in [0.4, 0.5) is 0 Å². The fraction of sp³-hybridized carbons (Fsp3) is 0.133. The van der Waals surface area contributed by atoms with E-state index < -0.39 is 0 Å². The fourth-order valence-electron chi connectivity index (χ4n) is 2.28. The zero-order valence-corrected chi connectivity index (χ0v) is 10.8. The molecule has 0 spiro atoms. The predicted octanol–water partition coefficient (Wildman–Crippen LogP) is 2.64. The number of rotatable bonds is 2. The minimum absolute atomic E-state index is 0.141. The van der Waals surface area contributed by atoms with Gasteiger partial charge in [0.2, 0.25) is 0 Å². The Balaban J connectivity index is 2.33. The summed E-state index contributed by atoms with van der Waals surface area (Å²) in [4.78, 5) is 15.1. The summed E-state index contributed by atoms with van der Waals surface area (Å²) in [6.07, 6.45) is 0. The summed E-state index contributed by atoms with van der Waals surface area (Å²) in [5, 5.41) is 0. The van der Waals surface area contributed by atoms with Crippen LogP contribution in [-0.4, -0.2) is 16.7 Å². The Morgan fingerprint density at radius 1 is 1.16 bits per heavy atom. The molecule has 0 atom stereocenters. The van der Waals surface area contributed by atoms with Crippen LogP contribution < -0.4 is 10.4 Å². The highest BCUT2D eigenvalue weighted by Gasteiger charge is 2.10. The second-order valence-corrected chi connectivity index (χ2v) is 4.44. The van der Waals surface area contributed by atoms with Gasteiger partial charge in [0, 0.05) is 6.07 Å². The van der Waals surface area contributed by atoms with Crippen molar-refractivity contribution in [1.29, 1.82) is 0 Å². The van der Waals surface area contributed by atoms with Crippen LogP contribution in [0.15, 0.2) is 47.3 Å². The number of benzene rings is 2. The monoisotopic (exact) mass is 254 g/mol. The highest BCUT2D eigenvalue weighted by atomic mass is 16.5. The maximum absolute atomic E-state index is 12.2. The molecule has 1 N–H and O–H groups in total. The molecule has 4 nitrogen and oxygen atoms in total. The van der Waals surface area contributed by atoms with Gasteiger partial charge >= 0.3 is 5.69 Å². The van der Waals surface area contributed by atoms with E-state index in [0.29, 0.717) is 0 Å². The lowest BCUT2D eigenvalue weighted by atomic mass is 10.2. The Morgan fingerprint density at radius 3 is 2.74 bits per heavy atom. The highest BCUT2D eigenvalue weighted by Crippen LogP contribution is 2.21. The number of methoxy groups -OCH3 is 1. The minimum Gasteiger partial charge on any atom is -0.497 e. The van der Waals surface area contributed by atoms with Gasteiger partial charge in [-0.25, -0.2) is 4.79 Å². The largest absolute Gasteiger partial charge is 0.497 e. The van der Waals surface area contributed by atoms with Crippen molar-refractivity contribution in [2.75, 3.05) is 7.11 Å². The lowest BCUT2D eigenvalue weighted by Crippen LogP contribution is -2.14. The van der Waals surface area contributed by atoms with E-state index in [2.05, 4.69) is 4.98 Å². The van der Waals surface area contributed by atoms with Crippen molar-refractivity contribution in [3.63, 3.8) is 0 Å². The van der Waals surface area contributed by atoms with Crippen molar-refractivity contribution in [1.82, 2.24) is 9.55 Å². The van der Waals surface area contributed by atoms with E-state index in [1.165, 1.54) is 0 Å². The van der Waals surface area contributed by atoms with Gasteiger partial charge in [0.25, 0.3) is 0 Å². The third kappa shape index (κ3) is 1.81. The van der Waals surface area contributed by atoms with Crippen LogP contribution in [0.3, 0.4) is 0 Å². The molecule has 1 heterocycles. The van der Waals surface area contributed by atoms with E-state index >= 15 is 0 Å². The predicted molar refractivity (Wildman–Crippen MR) is 75.2 cm³/mol. The Hall–Kier alpha value is -2.49. The molecular formula is C15H14N2O2. The molecule has 2 aromatic carbocycles.